The first-order valence-corrected chi connectivity index (χ1v) is 6.81. The summed E-state index contributed by atoms with van der Waals surface area (Å²) < 4.78 is 13.7. The van der Waals surface area contributed by atoms with Gasteiger partial charge in [-0.05, 0) is 24.5 Å². The molecule has 0 saturated carbocycles. The van der Waals surface area contributed by atoms with Crippen LogP contribution in [-0.4, -0.2) is 29.9 Å². The lowest BCUT2D eigenvalue weighted by atomic mass is 9.96. The fraction of sp³-hybridized carbons (Fsp3) is 0.500. The average molecular weight is 285 g/mol. The maximum absolute atomic E-state index is 13.7. The number of benzene rings is 1. The van der Waals surface area contributed by atoms with Crippen LogP contribution in [-0.2, 0) is 11.2 Å². The second-order valence-corrected chi connectivity index (χ2v) is 5.68. The van der Waals surface area contributed by atoms with Crippen molar-refractivity contribution in [3.8, 4) is 0 Å². The Morgan fingerprint density at radius 3 is 2.89 bits per heavy atom. The van der Waals surface area contributed by atoms with Crippen molar-refractivity contribution < 1.29 is 9.18 Å². The maximum atomic E-state index is 13.7. The van der Waals surface area contributed by atoms with E-state index in [-0.39, 0.29) is 23.9 Å². The summed E-state index contributed by atoms with van der Waals surface area (Å²) >= 11 is 5.93. The van der Waals surface area contributed by atoms with Crippen LogP contribution in [0.5, 0.6) is 0 Å². The molecule has 1 aromatic carbocycles. The minimum Gasteiger partial charge on any atom is -0.341 e. The van der Waals surface area contributed by atoms with E-state index in [9.17, 15) is 9.18 Å². The summed E-state index contributed by atoms with van der Waals surface area (Å²) in [6.07, 6.45) is 0.912. The predicted molar refractivity (Wildman–Crippen MR) is 73.5 cm³/mol. The van der Waals surface area contributed by atoms with Crippen molar-refractivity contribution in [3.63, 3.8) is 0 Å². The molecule has 0 radical (unpaired) electrons. The number of hydrogen-bond acceptors (Lipinski definition) is 2. The van der Waals surface area contributed by atoms with E-state index in [2.05, 4.69) is 6.92 Å². The van der Waals surface area contributed by atoms with Crippen molar-refractivity contribution in [2.45, 2.75) is 25.8 Å². The van der Waals surface area contributed by atoms with Crippen LogP contribution in [0.1, 0.15) is 18.9 Å². The van der Waals surface area contributed by atoms with Crippen molar-refractivity contribution in [1.82, 2.24) is 4.90 Å². The molecule has 104 valence electrons. The van der Waals surface area contributed by atoms with E-state index in [0.29, 0.717) is 24.0 Å². The first kappa shape index (κ1) is 14.3. The number of carbonyl (C=O) groups is 1. The number of nitrogens with two attached hydrogens (primary N) is 1. The molecule has 1 aliphatic rings. The summed E-state index contributed by atoms with van der Waals surface area (Å²) in [5.41, 5.74) is 6.18. The van der Waals surface area contributed by atoms with Gasteiger partial charge in [-0.3, -0.25) is 4.79 Å². The summed E-state index contributed by atoms with van der Waals surface area (Å²) in [5.74, 6) is -0.173. The number of rotatable bonds is 2. The van der Waals surface area contributed by atoms with Gasteiger partial charge in [-0.1, -0.05) is 24.6 Å². The molecule has 1 saturated heterocycles. The molecular weight excluding hydrogens is 267 g/mol. The standard InChI is InChI=1S/C14H18ClFN2O/c1-9-5-10(17)8-18(7-9)14(19)6-11-12(15)3-2-4-13(11)16/h2-4,9-10H,5-8,17H2,1H3. The lowest BCUT2D eigenvalue weighted by Crippen LogP contribution is -2.49. The van der Waals surface area contributed by atoms with Crippen molar-refractivity contribution in [3.05, 3.63) is 34.6 Å². The van der Waals surface area contributed by atoms with Gasteiger partial charge in [0.2, 0.25) is 5.91 Å². The van der Waals surface area contributed by atoms with Gasteiger partial charge in [-0.2, -0.15) is 0 Å². The van der Waals surface area contributed by atoms with Crippen LogP contribution in [0, 0.1) is 11.7 Å². The summed E-state index contributed by atoms with van der Waals surface area (Å²) in [4.78, 5) is 13.9. The van der Waals surface area contributed by atoms with Gasteiger partial charge < -0.3 is 10.6 Å². The van der Waals surface area contributed by atoms with Gasteiger partial charge in [0.25, 0.3) is 0 Å². The highest BCUT2D eigenvalue weighted by Crippen LogP contribution is 2.22. The third-order valence-electron chi connectivity index (χ3n) is 3.43. The Balaban J connectivity index is 2.08. The maximum Gasteiger partial charge on any atom is 0.227 e. The third kappa shape index (κ3) is 3.45. The highest BCUT2D eigenvalue weighted by Gasteiger charge is 2.26. The monoisotopic (exact) mass is 284 g/mol. The lowest BCUT2D eigenvalue weighted by Gasteiger charge is -2.35. The zero-order chi connectivity index (χ0) is 14.0. The molecule has 2 N–H and O–H groups in total. The second kappa shape index (κ2) is 5.88. The second-order valence-electron chi connectivity index (χ2n) is 5.28. The molecular formula is C14H18ClFN2O. The summed E-state index contributed by atoms with van der Waals surface area (Å²) in [7, 11) is 0. The van der Waals surface area contributed by atoms with Gasteiger partial charge in [-0.25, -0.2) is 4.39 Å². The molecule has 1 aromatic rings. The minimum absolute atomic E-state index is 0.00351. The van der Waals surface area contributed by atoms with Gasteiger partial charge in [0.05, 0.1) is 6.42 Å². The molecule has 0 aromatic heterocycles. The fourth-order valence-corrected chi connectivity index (χ4v) is 2.80. The van der Waals surface area contributed by atoms with Crippen LogP contribution in [0.15, 0.2) is 18.2 Å². The van der Waals surface area contributed by atoms with Gasteiger partial charge >= 0.3 is 0 Å². The summed E-state index contributed by atoms with van der Waals surface area (Å²) in [6.45, 7) is 3.28. The largest absolute Gasteiger partial charge is 0.341 e. The number of halogens is 2. The molecule has 0 bridgehead atoms. The molecule has 0 aliphatic carbocycles. The van der Waals surface area contributed by atoms with E-state index in [1.54, 1.807) is 11.0 Å². The predicted octanol–water partition coefficient (Wildman–Crippen LogP) is 2.22. The molecule has 1 amide bonds. The Bertz CT molecular complexity index is 450. The molecule has 2 rings (SSSR count). The number of nitrogens with zero attached hydrogens (tertiary/aromatic N) is 1. The molecule has 5 heteroatoms. The van der Waals surface area contributed by atoms with Crippen LogP contribution in [0.4, 0.5) is 4.39 Å². The lowest BCUT2D eigenvalue weighted by molar-refractivity contribution is -0.132. The SMILES string of the molecule is CC1CC(N)CN(C(=O)Cc2c(F)cccc2Cl)C1. The van der Waals surface area contributed by atoms with Gasteiger partial charge in [0.15, 0.2) is 0 Å². The average Bonchev–Trinajstić information content (AvgIpc) is 2.32. The highest BCUT2D eigenvalue weighted by molar-refractivity contribution is 6.31. The zero-order valence-corrected chi connectivity index (χ0v) is 11.7. The van der Waals surface area contributed by atoms with Crippen molar-refractivity contribution in [2.24, 2.45) is 11.7 Å². The Morgan fingerprint density at radius 1 is 1.53 bits per heavy atom. The molecule has 19 heavy (non-hydrogen) atoms. The van der Waals surface area contributed by atoms with Crippen LogP contribution >= 0.6 is 11.6 Å². The normalized spacial score (nSPS) is 23.5. The van der Waals surface area contributed by atoms with Crippen LogP contribution < -0.4 is 5.73 Å². The Hall–Kier alpha value is -1.13. The number of carbonyl (C=O) groups excluding carboxylic acids is 1. The number of piperidine rings is 1. The van der Waals surface area contributed by atoms with E-state index in [4.69, 9.17) is 17.3 Å². The molecule has 1 aliphatic heterocycles. The smallest absolute Gasteiger partial charge is 0.227 e. The molecule has 2 atom stereocenters. The molecule has 1 fully saturated rings. The van der Waals surface area contributed by atoms with Crippen molar-refractivity contribution in [1.29, 1.82) is 0 Å². The Morgan fingerprint density at radius 2 is 2.26 bits per heavy atom. The number of hydrogen-bond donors (Lipinski definition) is 1. The van der Waals surface area contributed by atoms with E-state index in [1.165, 1.54) is 12.1 Å². The van der Waals surface area contributed by atoms with Gasteiger partial charge in [0.1, 0.15) is 5.82 Å². The van der Waals surface area contributed by atoms with E-state index < -0.39 is 5.82 Å². The van der Waals surface area contributed by atoms with Crippen molar-refractivity contribution >= 4 is 17.5 Å². The number of amides is 1. The highest BCUT2D eigenvalue weighted by atomic mass is 35.5. The van der Waals surface area contributed by atoms with E-state index >= 15 is 0 Å². The topological polar surface area (TPSA) is 46.3 Å². The first-order valence-electron chi connectivity index (χ1n) is 6.43. The van der Waals surface area contributed by atoms with Gasteiger partial charge in [0, 0.05) is 29.7 Å². The zero-order valence-electron chi connectivity index (χ0n) is 10.9. The van der Waals surface area contributed by atoms with Crippen LogP contribution in [0.2, 0.25) is 5.02 Å². The third-order valence-corrected chi connectivity index (χ3v) is 3.79. The van der Waals surface area contributed by atoms with Crippen LogP contribution in [0.25, 0.3) is 0 Å². The molecule has 2 unspecified atom stereocenters. The van der Waals surface area contributed by atoms with Gasteiger partial charge in [-0.15, -0.1) is 0 Å². The van der Waals surface area contributed by atoms with E-state index in [1.807, 2.05) is 0 Å². The quantitative estimate of drug-likeness (QED) is 0.905. The molecule has 3 nitrogen and oxygen atoms in total. The first-order chi connectivity index (χ1) is 8.97. The van der Waals surface area contributed by atoms with E-state index in [0.717, 1.165) is 6.42 Å². The Kier molecular flexibility index (Phi) is 4.42. The number of likely N-dealkylation sites (tertiary alicyclic amines) is 1. The fourth-order valence-electron chi connectivity index (χ4n) is 2.57. The van der Waals surface area contributed by atoms with Crippen molar-refractivity contribution in [2.75, 3.05) is 13.1 Å². The van der Waals surface area contributed by atoms with Crippen LogP contribution in [0.3, 0.4) is 0 Å². The summed E-state index contributed by atoms with van der Waals surface area (Å²) in [6, 6.07) is 4.45. The molecule has 0 spiro atoms. The minimum atomic E-state index is -0.435. The summed E-state index contributed by atoms with van der Waals surface area (Å²) in [5, 5.41) is 0.294. The Labute approximate surface area is 117 Å². The molecule has 1 heterocycles.